The van der Waals surface area contributed by atoms with Crippen LogP contribution in [-0.4, -0.2) is 5.97 Å². The number of furan rings is 1. The Morgan fingerprint density at radius 1 is 1.05 bits per heavy atom. The third-order valence-electron chi connectivity index (χ3n) is 3.44. The summed E-state index contributed by atoms with van der Waals surface area (Å²) in [6.07, 6.45) is 3.47. The van der Waals surface area contributed by atoms with E-state index in [4.69, 9.17) is 9.15 Å². The van der Waals surface area contributed by atoms with Crippen molar-refractivity contribution in [1.29, 1.82) is 0 Å². The molecule has 0 radical (unpaired) electrons. The molecule has 3 rings (SSSR count). The molecule has 0 unspecified atom stereocenters. The molecular formula is C18H16O3. The Morgan fingerprint density at radius 3 is 2.57 bits per heavy atom. The summed E-state index contributed by atoms with van der Waals surface area (Å²) in [7, 11) is 0. The lowest BCUT2D eigenvalue weighted by Crippen LogP contribution is -1.98. The Hall–Kier alpha value is -2.55. The van der Waals surface area contributed by atoms with Crippen LogP contribution in [0.4, 0.5) is 0 Å². The summed E-state index contributed by atoms with van der Waals surface area (Å²) < 4.78 is 10.9. The second-order valence-corrected chi connectivity index (χ2v) is 5.26. The zero-order valence-corrected chi connectivity index (χ0v) is 12.3. The molecule has 2 aromatic rings. The summed E-state index contributed by atoms with van der Waals surface area (Å²) in [6.45, 7) is 5.88. The van der Waals surface area contributed by atoms with Crippen LogP contribution in [0.3, 0.4) is 0 Å². The number of hydrogen-bond donors (Lipinski definition) is 0. The van der Waals surface area contributed by atoms with Gasteiger partial charge in [-0.2, -0.15) is 0 Å². The first-order chi connectivity index (χ1) is 10.0. The SMILES string of the molecule is Cc1ccc(C)c(C2=C/C(=C/c3ccc(C)o3)C(=O)O2)c1. The van der Waals surface area contributed by atoms with Crippen LogP contribution in [0.25, 0.3) is 11.8 Å². The molecule has 1 aromatic heterocycles. The van der Waals surface area contributed by atoms with E-state index in [9.17, 15) is 4.79 Å². The van der Waals surface area contributed by atoms with Crippen LogP contribution in [0, 0.1) is 20.8 Å². The largest absolute Gasteiger partial charge is 0.462 e. The highest BCUT2D eigenvalue weighted by atomic mass is 16.5. The molecule has 0 fully saturated rings. The Morgan fingerprint density at radius 2 is 1.86 bits per heavy atom. The molecule has 3 heteroatoms. The fourth-order valence-corrected chi connectivity index (χ4v) is 2.31. The van der Waals surface area contributed by atoms with Crippen LogP contribution in [0.15, 0.2) is 46.4 Å². The minimum atomic E-state index is -0.347. The van der Waals surface area contributed by atoms with E-state index in [1.54, 1.807) is 12.2 Å². The molecule has 0 aliphatic carbocycles. The first-order valence-electron chi connectivity index (χ1n) is 6.82. The van der Waals surface area contributed by atoms with Crippen LogP contribution < -0.4 is 0 Å². The minimum absolute atomic E-state index is 0.347. The maximum atomic E-state index is 12.0. The molecule has 2 heterocycles. The lowest BCUT2D eigenvalue weighted by molar-refractivity contribution is -0.130. The van der Waals surface area contributed by atoms with Gasteiger partial charge in [0, 0.05) is 5.56 Å². The van der Waals surface area contributed by atoms with Crippen LogP contribution in [0.2, 0.25) is 0 Å². The van der Waals surface area contributed by atoms with Gasteiger partial charge in [0.15, 0.2) is 0 Å². The number of ether oxygens (including phenoxy) is 1. The molecule has 0 amide bonds. The van der Waals surface area contributed by atoms with E-state index in [0.29, 0.717) is 17.1 Å². The Bertz CT molecular complexity index is 776. The average molecular weight is 280 g/mol. The molecule has 106 valence electrons. The van der Waals surface area contributed by atoms with Crippen LogP contribution in [-0.2, 0) is 9.53 Å². The van der Waals surface area contributed by atoms with Crippen molar-refractivity contribution in [3.8, 4) is 0 Å². The summed E-state index contributed by atoms with van der Waals surface area (Å²) in [4.78, 5) is 12.0. The number of carbonyl (C=O) groups is 1. The predicted molar refractivity (Wildman–Crippen MR) is 81.4 cm³/mol. The normalized spacial score (nSPS) is 16.2. The molecule has 0 saturated carbocycles. The quantitative estimate of drug-likeness (QED) is 0.611. The van der Waals surface area contributed by atoms with Gasteiger partial charge in [-0.3, -0.25) is 0 Å². The second-order valence-electron chi connectivity index (χ2n) is 5.26. The molecule has 0 atom stereocenters. The number of benzene rings is 1. The van der Waals surface area contributed by atoms with E-state index in [1.807, 2.05) is 51.1 Å². The topological polar surface area (TPSA) is 39.4 Å². The summed E-state index contributed by atoms with van der Waals surface area (Å²) in [5.74, 6) is 1.71. The first kappa shape index (κ1) is 13.4. The maximum Gasteiger partial charge on any atom is 0.343 e. The third-order valence-corrected chi connectivity index (χ3v) is 3.44. The molecule has 1 aliphatic rings. The van der Waals surface area contributed by atoms with Crippen LogP contribution >= 0.6 is 0 Å². The molecule has 1 aliphatic heterocycles. The summed E-state index contributed by atoms with van der Waals surface area (Å²) >= 11 is 0. The van der Waals surface area contributed by atoms with E-state index in [0.717, 1.165) is 22.5 Å². The van der Waals surface area contributed by atoms with Crippen LogP contribution in [0.1, 0.15) is 28.2 Å². The standard InChI is InChI=1S/C18H16O3/c1-11-4-5-12(2)16(8-11)17-10-14(18(19)21-17)9-15-7-6-13(3)20-15/h4-10H,1-3H3/b14-9-. The second kappa shape index (κ2) is 5.09. The monoisotopic (exact) mass is 280 g/mol. The smallest absolute Gasteiger partial charge is 0.343 e. The first-order valence-corrected chi connectivity index (χ1v) is 6.82. The van der Waals surface area contributed by atoms with E-state index in [1.165, 1.54) is 0 Å². The predicted octanol–water partition coefficient (Wildman–Crippen LogP) is 4.19. The van der Waals surface area contributed by atoms with Crippen LogP contribution in [0.5, 0.6) is 0 Å². The van der Waals surface area contributed by atoms with Gasteiger partial charge >= 0.3 is 5.97 Å². The number of esters is 1. The lowest BCUT2D eigenvalue weighted by atomic mass is 10.0. The van der Waals surface area contributed by atoms with Gasteiger partial charge < -0.3 is 9.15 Å². The fraction of sp³-hybridized carbons (Fsp3) is 0.167. The number of aryl methyl sites for hydroxylation is 3. The minimum Gasteiger partial charge on any atom is -0.462 e. The van der Waals surface area contributed by atoms with E-state index < -0.39 is 0 Å². The zero-order valence-electron chi connectivity index (χ0n) is 12.3. The zero-order chi connectivity index (χ0) is 15.0. The molecule has 3 nitrogen and oxygen atoms in total. The van der Waals surface area contributed by atoms with Gasteiger partial charge in [-0.05, 0) is 56.7 Å². The number of rotatable bonds is 2. The highest BCUT2D eigenvalue weighted by molar-refractivity contribution is 6.05. The van der Waals surface area contributed by atoms with Gasteiger partial charge in [-0.15, -0.1) is 0 Å². The van der Waals surface area contributed by atoms with Crippen molar-refractivity contribution in [1.82, 2.24) is 0 Å². The van der Waals surface area contributed by atoms with Crippen molar-refractivity contribution in [2.75, 3.05) is 0 Å². The summed E-state index contributed by atoms with van der Waals surface area (Å²) in [5, 5.41) is 0. The molecule has 1 aromatic carbocycles. The molecule has 21 heavy (non-hydrogen) atoms. The van der Waals surface area contributed by atoms with E-state index >= 15 is 0 Å². The Kier molecular flexibility index (Phi) is 3.26. The van der Waals surface area contributed by atoms with Gasteiger partial charge in [0.1, 0.15) is 17.3 Å². The van der Waals surface area contributed by atoms with Gasteiger partial charge in [0.25, 0.3) is 0 Å². The third kappa shape index (κ3) is 2.68. The Balaban J connectivity index is 1.99. The van der Waals surface area contributed by atoms with Crippen molar-refractivity contribution in [2.24, 2.45) is 0 Å². The molecular weight excluding hydrogens is 264 g/mol. The van der Waals surface area contributed by atoms with E-state index in [-0.39, 0.29) is 5.97 Å². The van der Waals surface area contributed by atoms with Gasteiger partial charge in [-0.25, -0.2) is 4.79 Å². The van der Waals surface area contributed by atoms with Crippen molar-refractivity contribution >= 4 is 17.8 Å². The highest BCUT2D eigenvalue weighted by Crippen LogP contribution is 2.30. The highest BCUT2D eigenvalue weighted by Gasteiger charge is 2.23. The van der Waals surface area contributed by atoms with Crippen molar-refractivity contribution in [2.45, 2.75) is 20.8 Å². The summed E-state index contributed by atoms with van der Waals surface area (Å²) in [6, 6.07) is 9.78. The molecule has 0 saturated heterocycles. The number of hydrogen-bond acceptors (Lipinski definition) is 3. The van der Waals surface area contributed by atoms with Crippen molar-refractivity contribution in [3.05, 3.63) is 70.2 Å². The van der Waals surface area contributed by atoms with Crippen molar-refractivity contribution < 1.29 is 13.9 Å². The molecule has 0 bridgehead atoms. The Labute approximate surface area is 123 Å². The lowest BCUT2D eigenvalue weighted by Gasteiger charge is -2.06. The summed E-state index contributed by atoms with van der Waals surface area (Å²) in [5.41, 5.74) is 3.66. The van der Waals surface area contributed by atoms with Gasteiger partial charge in [-0.1, -0.05) is 17.7 Å². The average Bonchev–Trinajstić information content (AvgIpc) is 3.00. The maximum absolute atomic E-state index is 12.0. The number of cyclic esters (lactones) is 1. The molecule has 0 spiro atoms. The van der Waals surface area contributed by atoms with Crippen molar-refractivity contribution in [3.63, 3.8) is 0 Å². The van der Waals surface area contributed by atoms with E-state index in [2.05, 4.69) is 0 Å². The molecule has 0 N–H and O–H groups in total. The number of carbonyl (C=O) groups excluding carboxylic acids is 1. The van der Waals surface area contributed by atoms with Gasteiger partial charge in [0.05, 0.1) is 5.57 Å². The fourth-order valence-electron chi connectivity index (χ4n) is 2.31. The van der Waals surface area contributed by atoms with Gasteiger partial charge in [0.2, 0.25) is 0 Å².